The molecule has 1 saturated carbocycles. The molecule has 1 atom stereocenters. The van der Waals surface area contributed by atoms with Gasteiger partial charge in [0.05, 0.1) is 0 Å². The SMILES string of the molecule is CCCc1ccc(C(C)N(CC)C2CCC(N)CC2)cc1. The van der Waals surface area contributed by atoms with Crippen LogP contribution in [-0.4, -0.2) is 23.5 Å². The molecule has 0 aromatic heterocycles. The van der Waals surface area contributed by atoms with Gasteiger partial charge in [-0.05, 0) is 56.7 Å². The van der Waals surface area contributed by atoms with E-state index < -0.39 is 0 Å². The third-order valence-corrected chi connectivity index (χ3v) is 5.07. The van der Waals surface area contributed by atoms with Gasteiger partial charge in [-0.1, -0.05) is 44.5 Å². The molecule has 2 heteroatoms. The van der Waals surface area contributed by atoms with Crippen molar-refractivity contribution in [2.75, 3.05) is 6.54 Å². The zero-order chi connectivity index (χ0) is 15.2. The van der Waals surface area contributed by atoms with Crippen LogP contribution in [-0.2, 0) is 6.42 Å². The number of benzene rings is 1. The fraction of sp³-hybridized carbons (Fsp3) is 0.684. The van der Waals surface area contributed by atoms with E-state index in [4.69, 9.17) is 5.73 Å². The molecule has 0 bridgehead atoms. The summed E-state index contributed by atoms with van der Waals surface area (Å²) in [5, 5.41) is 0. The topological polar surface area (TPSA) is 29.3 Å². The van der Waals surface area contributed by atoms with Gasteiger partial charge in [-0.2, -0.15) is 0 Å². The molecule has 0 aliphatic heterocycles. The fourth-order valence-electron chi connectivity index (χ4n) is 3.72. The first-order valence-electron chi connectivity index (χ1n) is 8.75. The maximum absolute atomic E-state index is 6.05. The van der Waals surface area contributed by atoms with Gasteiger partial charge in [-0.15, -0.1) is 0 Å². The van der Waals surface area contributed by atoms with Gasteiger partial charge < -0.3 is 5.73 Å². The second kappa shape index (κ2) is 7.95. The lowest BCUT2D eigenvalue weighted by Crippen LogP contribution is -2.42. The monoisotopic (exact) mass is 288 g/mol. The van der Waals surface area contributed by atoms with E-state index in [0.29, 0.717) is 18.1 Å². The number of hydrogen-bond donors (Lipinski definition) is 1. The normalized spacial score (nSPS) is 24.2. The summed E-state index contributed by atoms with van der Waals surface area (Å²) in [5.74, 6) is 0. The van der Waals surface area contributed by atoms with E-state index in [0.717, 1.165) is 6.54 Å². The van der Waals surface area contributed by atoms with Crippen LogP contribution in [0.25, 0.3) is 0 Å². The maximum atomic E-state index is 6.05. The largest absolute Gasteiger partial charge is 0.328 e. The van der Waals surface area contributed by atoms with Crippen LogP contribution in [0.4, 0.5) is 0 Å². The minimum atomic E-state index is 0.434. The van der Waals surface area contributed by atoms with Crippen LogP contribution < -0.4 is 5.73 Å². The summed E-state index contributed by atoms with van der Waals surface area (Å²) in [6.45, 7) is 8.00. The minimum Gasteiger partial charge on any atom is -0.328 e. The molecule has 2 nitrogen and oxygen atoms in total. The Bertz CT molecular complexity index is 404. The maximum Gasteiger partial charge on any atom is 0.0322 e. The molecule has 0 saturated heterocycles. The second-order valence-corrected chi connectivity index (χ2v) is 6.57. The van der Waals surface area contributed by atoms with E-state index in [1.807, 2.05) is 0 Å². The minimum absolute atomic E-state index is 0.434. The highest BCUT2D eigenvalue weighted by atomic mass is 15.2. The van der Waals surface area contributed by atoms with Crippen molar-refractivity contribution in [2.24, 2.45) is 5.73 Å². The van der Waals surface area contributed by atoms with Crippen LogP contribution in [0, 0.1) is 0 Å². The number of nitrogens with zero attached hydrogens (tertiary/aromatic N) is 1. The average Bonchev–Trinajstić information content (AvgIpc) is 2.51. The average molecular weight is 288 g/mol. The van der Waals surface area contributed by atoms with Gasteiger partial charge in [0.25, 0.3) is 0 Å². The van der Waals surface area contributed by atoms with Crippen molar-refractivity contribution in [3.8, 4) is 0 Å². The van der Waals surface area contributed by atoms with Crippen LogP contribution >= 0.6 is 0 Å². The van der Waals surface area contributed by atoms with E-state index in [-0.39, 0.29) is 0 Å². The zero-order valence-corrected chi connectivity index (χ0v) is 14.0. The summed E-state index contributed by atoms with van der Waals surface area (Å²) >= 11 is 0. The van der Waals surface area contributed by atoms with Crippen molar-refractivity contribution in [1.82, 2.24) is 4.90 Å². The molecule has 1 aliphatic rings. The number of nitrogens with two attached hydrogens (primary N) is 1. The summed E-state index contributed by atoms with van der Waals surface area (Å²) < 4.78 is 0. The van der Waals surface area contributed by atoms with Crippen LogP contribution in [0.15, 0.2) is 24.3 Å². The van der Waals surface area contributed by atoms with Crippen molar-refractivity contribution in [2.45, 2.75) is 77.4 Å². The van der Waals surface area contributed by atoms with Crippen LogP contribution in [0.5, 0.6) is 0 Å². The Hall–Kier alpha value is -0.860. The fourth-order valence-corrected chi connectivity index (χ4v) is 3.72. The third-order valence-electron chi connectivity index (χ3n) is 5.07. The van der Waals surface area contributed by atoms with Crippen molar-refractivity contribution in [3.05, 3.63) is 35.4 Å². The number of rotatable bonds is 6. The first kappa shape index (κ1) is 16.5. The first-order chi connectivity index (χ1) is 10.2. The molecule has 1 unspecified atom stereocenters. The molecule has 1 aromatic rings. The number of aryl methyl sites for hydroxylation is 1. The predicted molar refractivity (Wildman–Crippen MR) is 91.5 cm³/mol. The molecule has 118 valence electrons. The van der Waals surface area contributed by atoms with Gasteiger partial charge in [0.1, 0.15) is 0 Å². The lowest BCUT2D eigenvalue weighted by molar-refractivity contribution is 0.114. The highest BCUT2D eigenvalue weighted by Crippen LogP contribution is 2.29. The summed E-state index contributed by atoms with van der Waals surface area (Å²) in [6, 6.07) is 10.9. The van der Waals surface area contributed by atoms with E-state index in [9.17, 15) is 0 Å². The molecule has 2 N–H and O–H groups in total. The Kier molecular flexibility index (Phi) is 6.25. The van der Waals surface area contributed by atoms with Crippen molar-refractivity contribution < 1.29 is 0 Å². The second-order valence-electron chi connectivity index (χ2n) is 6.57. The molecule has 1 aliphatic carbocycles. The Balaban J connectivity index is 2.03. The van der Waals surface area contributed by atoms with Gasteiger partial charge >= 0.3 is 0 Å². The van der Waals surface area contributed by atoms with Crippen molar-refractivity contribution in [3.63, 3.8) is 0 Å². The lowest BCUT2D eigenvalue weighted by Gasteiger charge is -2.39. The van der Waals surface area contributed by atoms with Gasteiger partial charge in [-0.3, -0.25) is 4.90 Å². The Morgan fingerprint density at radius 2 is 1.71 bits per heavy atom. The Morgan fingerprint density at radius 3 is 2.24 bits per heavy atom. The zero-order valence-electron chi connectivity index (χ0n) is 14.0. The summed E-state index contributed by atoms with van der Waals surface area (Å²) in [6.07, 6.45) is 7.29. The standard InChI is InChI=1S/C19H32N2/c1-4-6-16-7-9-17(10-8-16)15(3)21(5-2)19-13-11-18(20)12-14-19/h7-10,15,18-19H,4-6,11-14,20H2,1-3H3. The van der Waals surface area contributed by atoms with Gasteiger partial charge in [0, 0.05) is 18.1 Å². The molecule has 0 radical (unpaired) electrons. The molecule has 21 heavy (non-hydrogen) atoms. The quantitative estimate of drug-likeness (QED) is 0.846. The molecule has 0 heterocycles. The summed E-state index contributed by atoms with van der Waals surface area (Å²) in [7, 11) is 0. The van der Waals surface area contributed by atoms with Crippen molar-refractivity contribution >= 4 is 0 Å². The lowest BCUT2D eigenvalue weighted by atomic mass is 9.89. The molecule has 1 aromatic carbocycles. The third kappa shape index (κ3) is 4.31. The van der Waals surface area contributed by atoms with Gasteiger partial charge in [-0.25, -0.2) is 0 Å². The van der Waals surface area contributed by atoms with Crippen LogP contribution in [0.3, 0.4) is 0 Å². The van der Waals surface area contributed by atoms with Crippen LogP contribution in [0.1, 0.15) is 70.0 Å². The highest BCUT2D eigenvalue weighted by Gasteiger charge is 2.26. The van der Waals surface area contributed by atoms with Crippen molar-refractivity contribution in [1.29, 1.82) is 0 Å². The van der Waals surface area contributed by atoms with E-state index in [1.165, 1.54) is 49.7 Å². The Morgan fingerprint density at radius 1 is 1.10 bits per heavy atom. The molecule has 2 rings (SSSR count). The van der Waals surface area contributed by atoms with Crippen LogP contribution in [0.2, 0.25) is 0 Å². The summed E-state index contributed by atoms with van der Waals surface area (Å²) in [4.78, 5) is 2.67. The highest BCUT2D eigenvalue weighted by molar-refractivity contribution is 5.25. The molecular weight excluding hydrogens is 256 g/mol. The molecular formula is C19H32N2. The van der Waals surface area contributed by atoms with E-state index >= 15 is 0 Å². The van der Waals surface area contributed by atoms with Gasteiger partial charge in [0.15, 0.2) is 0 Å². The molecule has 0 spiro atoms. The van der Waals surface area contributed by atoms with Gasteiger partial charge in [0.2, 0.25) is 0 Å². The van der Waals surface area contributed by atoms with E-state index in [1.54, 1.807) is 0 Å². The molecule has 1 fully saturated rings. The number of hydrogen-bond acceptors (Lipinski definition) is 2. The predicted octanol–water partition coefficient (Wildman–Crippen LogP) is 4.29. The molecule has 0 amide bonds. The first-order valence-corrected chi connectivity index (χ1v) is 8.75. The van der Waals surface area contributed by atoms with E-state index in [2.05, 4.69) is 49.9 Å². The Labute approximate surface area is 130 Å². The smallest absolute Gasteiger partial charge is 0.0322 e. The summed E-state index contributed by atoms with van der Waals surface area (Å²) in [5.41, 5.74) is 8.96.